The number of hydrogen-bond acceptors (Lipinski definition) is 3. The number of piperidine rings is 1. The Bertz CT molecular complexity index is 548. The van der Waals surface area contributed by atoms with Gasteiger partial charge in [0.2, 0.25) is 0 Å². The van der Waals surface area contributed by atoms with E-state index in [-0.39, 0.29) is 11.7 Å². The molecule has 2 rings (SSSR count). The molecule has 1 atom stereocenters. The van der Waals surface area contributed by atoms with Crippen LogP contribution in [-0.2, 0) is 4.79 Å². The van der Waals surface area contributed by atoms with E-state index in [1.165, 1.54) is 0 Å². The first-order chi connectivity index (χ1) is 9.97. The molecule has 0 amide bonds. The van der Waals surface area contributed by atoms with Crippen LogP contribution in [-0.4, -0.2) is 41.4 Å². The molecule has 0 aliphatic carbocycles. The number of carbonyl (C=O) groups is 2. The van der Waals surface area contributed by atoms with Gasteiger partial charge < -0.3 is 10.0 Å². The van der Waals surface area contributed by atoms with Crippen LogP contribution in [0.5, 0.6) is 0 Å². The molecule has 1 saturated heterocycles. The molecule has 4 nitrogen and oxygen atoms in total. The second-order valence-corrected chi connectivity index (χ2v) is 6.09. The van der Waals surface area contributed by atoms with E-state index >= 15 is 0 Å². The van der Waals surface area contributed by atoms with Gasteiger partial charge in [-0.25, -0.2) is 0 Å². The van der Waals surface area contributed by atoms with Gasteiger partial charge in [0, 0.05) is 25.1 Å². The fourth-order valence-corrected chi connectivity index (χ4v) is 2.83. The summed E-state index contributed by atoms with van der Waals surface area (Å²) in [5.41, 5.74) is 0.538. The van der Waals surface area contributed by atoms with Gasteiger partial charge in [0.1, 0.15) is 0 Å². The number of nitrogens with zero attached hydrogens (tertiary/aromatic N) is 1. The van der Waals surface area contributed by atoms with E-state index in [1.54, 1.807) is 18.2 Å². The third kappa shape index (κ3) is 4.43. The third-order valence-electron chi connectivity index (χ3n) is 3.75. The largest absolute Gasteiger partial charge is 0.481 e. The monoisotopic (exact) mass is 329 g/mol. The van der Waals surface area contributed by atoms with Gasteiger partial charge in [0.05, 0.1) is 16.0 Å². The van der Waals surface area contributed by atoms with E-state index in [2.05, 4.69) is 0 Å². The maximum Gasteiger partial charge on any atom is 0.307 e. The van der Waals surface area contributed by atoms with Crippen molar-refractivity contribution >= 4 is 35.0 Å². The molecule has 21 heavy (non-hydrogen) atoms. The minimum absolute atomic E-state index is 0.00832. The van der Waals surface area contributed by atoms with Gasteiger partial charge in [-0.1, -0.05) is 23.2 Å². The highest BCUT2D eigenvalue weighted by molar-refractivity contribution is 6.42. The Labute approximate surface area is 133 Å². The third-order valence-corrected chi connectivity index (χ3v) is 4.49. The Morgan fingerprint density at radius 2 is 2.05 bits per heavy atom. The zero-order valence-corrected chi connectivity index (χ0v) is 13.0. The van der Waals surface area contributed by atoms with Crippen LogP contribution in [0.25, 0.3) is 0 Å². The van der Waals surface area contributed by atoms with Crippen LogP contribution in [0.3, 0.4) is 0 Å². The number of ketones is 1. The molecule has 114 valence electrons. The predicted molar refractivity (Wildman–Crippen MR) is 82.2 cm³/mol. The zero-order valence-electron chi connectivity index (χ0n) is 11.5. The molecule has 1 fully saturated rings. The van der Waals surface area contributed by atoms with E-state index in [9.17, 15) is 9.59 Å². The number of aliphatic carboxylic acids is 1. The van der Waals surface area contributed by atoms with Crippen LogP contribution in [0.1, 0.15) is 29.6 Å². The Morgan fingerprint density at radius 1 is 1.29 bits per heavy atom. The van der Waals surface area contributed by atoms with E-state index in [4.69, 9.17) is 28.3 Å². The minimum Gasteiger partial charge on any atom is -0.481 e. The number of carbonyl (C=O) groups excluding carboxylic acids is 1. The highest BCUT2D eigenvalue weighted by Crippen LogP contribution is 2.23. The summed E-state index contributed by atoms with van der Waals surface area (Å²) < 4.78 is 0. The number of halogens is 2. The zero-order chi connectivity index (χ0) is 15.4. The van der Waals surface area contributed by atoms with Crippen molar-refractivity contribution in [2.75, 3.05) is 19.6 Å². The van der Waals surface area contributed by atoms with Crippen LogP contribution in [0.15, 0.2) is 18.2 Å². The molecule has 1 aromatic carbocycles. The predicted octanol–water partition coefficient (Wildman–Crippen LogP) is 3.36. The van der Waals surface area contributed by atoms with Gasteiger partial charge in [-0.2, -0.15) is 0 Å². The van der Waals surface area contributed by atoms with Crippen molar-refractivity contribution in [3.05, 3.63) is 33.8 Å². The molecule has 0 aromatic heterocycles. The number of carboxylic acid groups (broad SMARTS) is 1. The highest BCUT2D eigenvalue weighted by Gasteiger charge is 2.25. The first-order valence-corrected chi connectivity index (χ1v) is 7.66. The molecule has 0 bridgehead atoms. The lowest BCUT2D eigenvalue weighted by Crippen LogP contribution is -2.39. The number of Topliss-reactive ketones (excluding diaryl/α,β-unsaturated/α-hetero) is 1. The SMILES string of the molecule is O=C(CCN1CCCC(C(=O)O)C1)c1ccc(Cl)c(Cl)c1. The molecule has 1 aliphatic heterocycles. The van der Waals surface area contributed by atoms with E-state index in [0.29, 0.717) is 41.5 Å². The fourth-order valence-electron chi connectivity index (χ4n) is 2.53. The highest BCUT2D eigenvalue weighted by atomic mass is 35.5. The van der Waals surface area contributed by atoms with Crippen molar-refractivity contribution in [2.24, 2.45) is 5.92 Å². The van der Waals surface area contributed by atoms with Gasteiger partial charge >= 0.3 is 5.97 Å². The molecule has 1 N–H and O–H groups in total. The first kappa shape index (κ1) is 16.3. The summed E-state index contributed by atoms with van der Waals surface area (Å²) in [6, 6.07) is 4.84. The number of benzene rings is 1. The fraction of sp³-hybridized carbons (Fsp3) is 0.467. The van der Waals surface area contributed by atoms with Crippen molar-refractivity contribution in [3.8, 4) is 0 Å². The second-order valence-electron chi connectivity index (χ2n) is 5.28. The second kappa shape index (κ2) is 7.25. The van der Waals surface area contributed by atoms with Crippen LogP contribution in [0.4, 0.5) is 0 Å². The van der Waals surface area contributed by atoms with Crippen LogP contribution < -0.4 is 0 Å². The summed E-state index contributed by atoms with van der Waals surface area (Å²) in [6.07, 6.45) is 1.93. The molecule has 0 saturated carbocycles. The Morgan fingerprint density at radius 3 is 2.71 bits per heavy atom. The molecular weight excluding hydrogens is 313 g/mol. The summed E-state index contributed by atoms with van der Waals surface area (Å²) in [4.78, 5) is 25.2. The average Bonchev–Trinajstić information content (AvgIpc) is 2.48. The van der Waals surface area contributed by atoms with Gasteiger partial charge in [0.15, 0.2) is 5.78 Å². The van der Waals surface area contributed by atoms with Crippen molar-refractivity contribution in [3.63, 3.8) is 0 Å². The topological polar surface area (TPSA) is 57.6 Å². The maximum absolute atomic E-state index is 12.1. The van der Waals surface area contributed by atoms with E-state index in [1.807, 2.05) is 4.90 Å². The molecule has 1 aromatic rings. The molecule has 0 spiro atoms. The number of rotatable bonds is 5. The minimum atomic E-state index is -0.754. The van der Waals surface area contributed by atoms with E-state index < -0.39 is 5.97 Å². The molecule has 1 aliphatic rings. The van der Waals surface area contributed by atoms with Crippen LogP contribution >= 0.6 is 23.2 Å². The standard InChI is InChI=1S/C15H17Cl2NO3/c16-12-4-3-10(8-13(12)17)14(19)5-7-18-6-1-2-11(9-18)15(20)21/h3-4,8,11H,1-2,5-7,9H2,(H,20,21). The lowest BCUT2D eigenvalue weighted by Gasteiger charge is -2.30. The normalized spacial score (nSPS) is 19.4. The maximum atomic E-state index is 12.1. The van der Waals surface area contributed by atoms with Crippen LogP contribution in [0.2, 0.25) is 10.0 Å². The quantitative estimate of drug-likeness (QED) is 0.841. The summed E-state index contributed by atoms with van der Waals surface area (Å²) in [5.74, 6) is -1.08. The number of hydrogen-bond donors (Lipinski definition) is 1. The Balaban J connectivity index is 1.88. The Kier molecular flexibility index (Phi) is 5.62. The molecule has 1 heterocycles. The van der Waals surface area contributed by atoms with Crippen LogP contribution in [0, 0.1) is 5.92 Å². The summed E-state index contributed by atoms with van der Waals surface area (Å²) in [5, 5.41) is 9.84. The summed E-state index contributed by atoms with van der Waals surface area (Å²) in [6.45, 7) is 1.94. The smallest absolute Gasteiger partial charge is 0.307 e. The van der Waals surface area contributed by atoms with Gasteiger partial charge in [0.25, 0.3) is 0 Å². The van der Waals surface area contributed by atoms with Gasteiger partial charge in [-0.15, -0.1) is 0 Å². The first-order valence-electron chi connectivity index (χ1n) is 6.91. The molecule has 0 radical (unpaired) electrons. The molecule has 6 heteroatoms. The summed E-state index contributed by atoms with van der Waals surface area (Å²) in [7, 11) is 0. The summed E-state index contributed by atoms with van der Waals surface area (Å²) >= 11 is 11.7. The molecule has 1 unspecified atom stereocenters. The van der Waals surface area contributed by atoms with Crippen molar-refractivity contribution in [2.45, 2.75) is 19.3 Å². The number of likely N-dealkylation sites (tertiary alicyclic amines) is 1. The van der Waals surface area contributed by atoms with Gasteiger partial charge in [-0.3, -0.25) is 9.59 Å². The van der Waals surface area contributed by atoms with Gasteiger partial charge in [-0.05, 0) is 37.6 Å². The average molecular weight is 330 g/mol. The Hall–Kier alpha value is -1.10. The lowest BCUT2D eigenvalue weighted by atomic mass is 9.98. The van der Waals surface area contributed by atoms with Crippen molar-refractivity contribution in [1.29, 1.82) is 0 Å². The number of carboxylic acids is 1. The van der Waals surface area contributed by atoms with Crippen molar-refractivity contribution < 1.29 is 14.7 Å². The van der Waals surface area contributed by atoms with E-state index in [0.717, 1.165) is 13.0 Å². The molecular formula is C15H17Cl2NO3. The lowest BCUT2D eigenvalue weighted by molar-refractivity contribution is -0.143. The van der Waals surface area contributed by atoms with Crippen molar-refractivity contribution in [1.82, 2.24) is 4.90 Å².